The van der Waals surface area contributed by atoms with E-state index >= 15 is 0 Å². The zero-order chi connectivity index (χ0) is 19.5. The lowest BCUT2D eigenvalue weighted by Crippen LogP contribution is -2.44. The molecule has 1 aromatic carbocycles. The van der Waals surface area contributed by atoms with E-state index in [1.807, 2.05) is 30.5 Å². The Bertz CT molecular complexity index is 951. The maximum Gasteiger partial charge on any atom is 0.131 e. The molecule has 0 unspecified atom stereocenters. The Labute approximate surface area is 169 Å². The molecule has 3 aromatic rings. The van der Waals surface area contributed by atoms with Crippen molar-refractivity contribution in [3.63, 3.8) is 0 Å². The van der Waals surface area contributed by atoms with Gasteiger partial charge in [-0.25, -0.2) is 9.97 Å². The molecule has 7 heteroatoms. The highest BCUT2D eigenvalue weighted by Crippen LogP contribution is 2.36. The molecule has 2 aromatic heterocycles. The minimum absolute atomic E-state index is 0.754. The molecule has 0 amide bonds. The van der Waals surface area contributed by atoms with Gasteiger partial charge in [0.2, 0.25) is 0 Å². The smallest absolute Gasteiger partial charge is 0.131 e. The highest BCUT2D eigenvalue weighted by Gasteiger charge is 2.17. The summed E-state index contributed by atoms with van der Waals surface area (Å²) < 4.78 is 10.8. The van der Waals surface area contributed by atoms with Crippen LogP contribution in [0.25, 0.3) is 21.8 Å². The van der Waals surface area contributed by atoms with Crippen molar-refractivity contribution < 1.29 is 9.47 Å². The lowest BCUT2D eigenvalue weighted by atomic mass is 10.1. The second kappa shape index (κ2) is 8.16. The van der Waals surface area contributed by atoms with Gasteiger partial charge in [0.25, 0.3) is 0 Å². The van der Waals surface area contributed by atoms with Crippen LogP contribution >= 0.6 is 11.3 Å². The van der Waals surface area contributed by atoms with Crippen molar-refractivity contribution in [3.8, 4) is 33.3 Å². The molecule has 3 heterocycles. The molecule has 1 saturated heterocycles. The van der Waals surface area contributed by atoms with Gasteiger partial charge >= 0.3 is 0 Å². The number of rotatable bonds is 5. The maximum absolute atomic E-state index is 5.53. The molecular weight excluding hydrogens is 372 g/mol. The van der Waals surface area contributed by atoms with Gasteiger partial charge in [0.05, 0.1) is 19.9 Å². The molecule has 1 aliphatic rings. The van der Waals surface area contributed by atoms with Crippen LogP contribution in [0, 0.1) is 0 Å². The number of aromatic nitrogens is 2. The minimum Gasteiger partial charge on any atom is -0.497 e. The lowest BCUT2D eigenvalue weighted by molar-refractivity contribution is 0.312. The Morgan fingerprint density at radius 1 is 1.00 bits per heavy atom. The average molecular weight is 397 g/mol. The zero-order valence-electron chi connectivity index (χ0n) is 16.4. The van der Waals surface area contributed by atoms with Crippen LogP contribution in [0.2, 0.25) is 0 Å². The fourth-order valence-electron chi connectivity index (χ4n) is 3.30. The van der Waals surface area contributed by atoms with Gasteiger partial charge < -0.3 is 19.3 Å². The third kappa shape index (κ3) is 3.81. The van der Waals surface area contributed by atoms with Gasteiger partial charge in [0, 0.05) is 54.9 Å². The molecule has 1 fully saturated rings. The van der Waals surface area contributed by atoms with Crippen LogP contribution in [0.5, 0.6) is 11.5 Å². The van der Waals surface area contributed by atoms with Crippen LogP contribution in [-0.4, -0.2) is 62.3 Å². The van der Waals surface area contributed by atoms with E-state index in [0.717, 1.165) is 65.3 Å². The molecular formula is C21H24N4O2S. The zero-order valence-corrected chi connectivity index (χ0v) is 17.2. The Morgan fingerprint density at radius 3 is 2.57 bits per heavy atom. The Balaban J connectivity index is 1.61. The van der Waals surface area contributed by atoms with Gasteiger partial charge in [-0.3, -0.25) is 0 Å². The monoisotopic (exact) mass is 396 g/mol. The van der Waals surface area contributed by atoms with Crippen LogP contribution in [0.4, 0.5) is 5.82 Å². The van der Waals surface area contributed by atoms with Gasteiger partial charge in [-0.1, -0.05) is 0 Å². The number of methoxy groups -OCH3 is 2. The van der Waals surface area contributed by atoms with E-state index in [1.165, 1.54) is 0 Å². The predicted octanol–water partition coefficient (Wildman–Crippen LogP) is 3.64. The molecule has 0 aliphatic carbocycles. The van der Waals surface area contributed by atoms with Crippen molar-refractivity contribution in [1.29, 1.82) is 0 Å². The molecule has 0 radical (unpaired) electrons. The number of ether oxygens (including phenoxy) is 2. The Hall–Kier alpha value is -2.64. The highest BCUT2D eigenvalue weighted by atomic mass is 32.1. The van der Waals surface area contributed by atoms with E-state index in [1.54, 1.807) is 25.6 Å². The van der Waals surface area contributed by atoms with E-state index in [0.29, 0.717) is 0 Å². The number of thiazole rings is 1. The van der Waals surface area contributed by atoms with Crippen LogP contribution < -0.4 is 14.4 Å². The first kappa shape index (κ1) is 18.7. The molecule has 0 N–H and O–H groups in total. The van der Waals surface area contributed by atoms with Crippen LogP contribution in [0.1, 0.15) is 0 Å². The van der Waals surface area contributed by atoms with Crippen molar-refractivity contribution in [2.75, 3.05) is 52.3 Å². The van der Waals surface area contributed by atoms with E-state index in [9.17, 15) is 0 Å². The SMILES string of the molecule is COc1ccc(-c2csc(-c3ccnc(N4CCN(C)CC4)c3)n2)c(OC)c1. The highest BCUT2D eigenvalue weighted by molar-refractivity contribution is 7.13. The molecule has 6 nitrogen and oxygen atoms in total. The van der Waals surface area contributed by atoms with E-state index in [-0.39, 0.29) is 0 Å². The maximum atomic E-state index is 5.53. The first-order valence-electron chi connectivity index (χ1n) is 9.26. The average Bonchev–Trinajstić information content (AvgIpc) is 3.24. The lowest BCUT2D eigenvalue weighted by Gasteiger charge is -2.33. The number of anilines is 1. The van der Waals surface area contributed by atoms with Crippen molar-refractivity contribution in [2.45, 2.75) is 0 Å². The number of piperazine rings is 1. The molecule has 28 heavy (non-hydrogen) atoms. The summed E-state index contributed by atoms with van der Waals surface area (Å²) >= 11 is 1.63. The molecule has 0 bridgehead atoms. The largest absolute Gasteiger partial charge is 0.497 e. The summed E-state index contributed by atoms with van der Waals surface area (Å²) in [7, 11) is 5.47. The molecule has 1 aliphatic heterocycles. The number of pyridine rings is 1. The van der Waals surface area contributed by atoms with Crippen molar-refractivity contribution >= 4 is 17.2 Å². The second-order valence-corrected chi connectivity index (χ2v) is 7.66. The van der Waals surface area contributed by atoms with E-state index < -0.39 is 0 Å². The van der Waals surface area contributed by atoms with Crippen LogP contribution in [0.15, 0.2) is 41.9 Å². The van der Waals surface area contributed by atoms with E-state index in [4.69, 9.17) is 14.5 Å². The fraction of sp³-hybridized carbons (Fsp3) is 0.333. The number of hydrogen-bond donors (Lipinski definition) is 0. The summed E-state index contributed by atoms with van der Waals surface area (Å²) in [6, 6.07) is 9.95. The second-order valence-electron chi connectivity index (χ2n) is 6.80. The topological polar surface area (TPSA) is 50.7 Å². The molecule has 4 rings (SSSR count). The quantitative estimate of drug-likeness (QED) is 0.656. The number of nitrogens with zero attached hydrogens (tertiary/aromatic N) is 4. The summed E-state index contributed by atoms with van der Waals surface area (Å²) in [5, 5.41) is 3.04. The predicted molar refractivity (Wildman–Crippen MR) is 114 cm³/mol. The summed E-state index contributed by atoms with van der Waals surface area (Å²) in [5.41, 5.74) is 2.95. The summed E-state index contributed by atoms with van der Waals surface area (Å²) in [5.74, 6) is 2.54. The van der Waals surface area contributed by atoms with Crippen LogP contribution in [0.3, 0.4) is 0 Å². The number of benzene rings is 1. The van der Waals surface area contributed by atoms with Gasteiger partial charge in [0.15, 0.2) is 0 Å². The Kier molecular flexibility index (Phi) is 5.45. The standard InChI is InChI=1S/C21H24N4O2S/c1-24-8-10-25(11-9-24)20-12-15(6-7-22-20)21-23-18(14-28-21)17-5-4-16(26-2)13-19(17)27-3/h4-7,12-14H,8-11H2,1-3H3. The third-order valence-electron chi connectivity index (χ3n) is 5.01. The number of hydrogen-bond acceptors (Lipinski definition) is 7. The summed E-state index contributed by atoms with van der Waals surface area (Å²) in [6.45, 7) is 4.12. The van der Waals surface area contributed by atoms with Crippen molar-refractivity contribution in [3.05, 3.63) is 41.9 Å². The third-order valence-corrected chi connectivity index (χ3v) is 5.90. The molecule has 0 saturated carbocycles. The van der Waals surface area contributed by atoms with Crippen LogP contribution in [-0.2, 0) is 0 Å². The molecule has 146 valence electrons. The van der Waals surface area contributed by atoms with Gasteiger partial charge in [-0.15, -0.1) is 11.3 Å². The number of likely N-dealkylation sites (N-methyl/N-ethyl adjacent to an activating group) is 1. The fourth-order valence-corrected chi connectivity index (χ4v) is 4.12. The van der Waals surface area contributed by atoms with Crippen molar-refractivity contribution in [1.82, 2.24) is 14.9 Å². The molecule has 0 spiro atoms. The Morgan fingerprint density at radius 2 is 1.82 bits per heavy atom. The normalized spacial score (nSPS) is 14.9. The van der Waals surface area contributed by atoms with E-state index in [2.05, 4.69) is 33.3 Å². The minimum atomic E-state index is 0.754. The van der Waals surface area contributed by atoms with Gasteiger partial charge in [-0.2, -0.15) is 0 Å². The van der Waals surface area contributed by atoms with Gasteiger partial charge in [0.1, 0.15) is 22.3 Å². The first-order valence-corrected chi connectivity index (χ1v) is 10.1. The molecule has 0 atom stereocenters. The first-order chi connectivity index (χ1) is 13.7. The summed E-state index contributed by atoms with van der Waals surface area (Å²) in [6.07, 6.45) is 1.87. The summed E-state index contributed by atoms with van der Waals surface area (Å²) in [4.78, 5) is 14.1. The van der Waals surface area contributed by atoms with Gasteiger partial charge in [-0.05, 0) is 31.3 Å². The van der Waals surface area contributed by atoms with Crippen molar-refractivity contribution in [2.24, 2.45) is 0 Å².